The van der Waals surface area contributed by atoms with E-state index in [-0.39, 0.29) is 11.6 Å². The molecule has 0 spiro atoms. The minimum Gasteiger partial charge on any atom is -0.326 e. The normalized spacial score (nSPS) is 11.8. The van der Waals surface area contributed by atoms with Crippen molar-refractivity contribution in [2.45, 2.75) is 26.3 Å². The number of anilines is 2. The van der Waals surface area contributed by atoms with E-state index in [0.717, 1.165) is 0 Å². The van der Waals surface area contributed by atoms with Crippen LogP contribution in [0.25, 0.3) is 0 Å². The molecule has 1 unspecified atom stereocenters. The lowest BCUT2D eigenvalue weighted by Crippen LogP contribution is -2.35. The Balaban J connectivity index is 2.87. The second-order valence-corrected chi connectivity index (χ2v) is 3.88. The van der Waals surface area contributed by atoms with Gasteiger partial charge in [-0.3, -0.25) is 9.59 Å². The zero-order valence-corrected chi connectivity index (χ0v) is 10.3. The van der Waals surface area contributed by atoms with Crippen LogP contribution in [0.5, 0.6) is 0 Å². The van der Waals surface area contributed by atoms with Gasteiger partial charge < -0.3 is 16.4 Å². The number of rotatable bonds is 4. The number of amides is 2. The fraction of sp³-hybridized carbons (Fsp3) is 0.333. The molecule has 0 radical (unpaired) electrons. The van der Waals surface area contributed by atoms with Gasteiger partial charge in [-0.15, -0.1) is 0 Å². The Labute approximate surface area is 105 Å². The zero-order chi connectivity index (χ0) is 13.7. The van der Waals surface area contributed by atoms with Crippen LogP contribution in [0.4, 0.5) is 15.8 Å². The van der Waals surface area contributed by atoms with Crippen LogP contribution in [0.15, 0.2) is 18.2 Å². The molecule has 4 N–H and O–H groups in total. The van der Waals surface area contributed by atoms with E-state index in [0.29, 0.717) is 12.1 Å². The smallest absolute Gasteiger partial charge is 0.241 e. The Morgan fingerprint density at radius 1 is 1.39 bits per heavy atom. The summed E-state index contributed by atoms with van der Waals surface area (Å²) in [6.07, 6.45) is 0.457. The monoisotopic (exact) mass is 253 g/mol. The highest BCUT2D eigenvalue weighted by atomic mass is 19.1. The second-order valence-electron chi connectivity index (χ2n) is 3.88. The highest BCUT2D eigenvalue weighted by molar-refractivity contribution is 5.96. The number of nitrogens with one attached hydrogen (secondary N) is 2. The maximum absolute atomic E-state index is 13.5. The van der Waals surface area contributed by atoms with Gasteiger partial charge in [0.05, 0.1) is 11.7 Å². The minimum absolute atomic E-state index is 0.00449. The molecule has 0 saturated heterocycles. The van der Waals surface area contributed by atoms with Crippen LogP contribution in [0, 0.1) is 5.82 Å². The molecule has 0 aliphatic rings. The number of hydrogen-bond acceptors (Lipinski definition) is 3. The number of nitrogens with two attached hydrogens (primary N) is 1. The first-order chi connectivity index (χ1) is 8.43. The molecule has 5 nitrogen and oxygen atoms in total. The third-order valence-corrected chi connectivity index (χ3v) is 2.32. The van der Waals surface area contributed by atoms with Gasteiger partial charge in [0.2, 0.25) is 11.8 Å². The first kappa shape index (κ1) is 14.1. The molecule has 1 aromatic carbocycles. The van der Waals surface area contributed by atoms with E-state index in [2.05, 4.69) is 10.6 Å². The first-order valence-corrected chi connectivity index (χ1v) is 5.57. The molecule has 2 amide bonds. The summed E-state index contributed by atoms with van der Waals surface area (Å²) in [6.45, 7) is 3.10. The summed E-state index contributed by atoms with van der Waals surface area (Å²) >= 11 is 0. The van der Waals surface area contributed by atoms with Gasteiger partial charge in [-0.05, 0) is 24.6 Å². The number of halogens is 1. The molecule has 1 aromatic rings. The van der Waals surface area contributed by atoms with Crippen molar-refractivity contribution in [3.63, 3.8) is 0 Å². The highest BCUT2D eigenvalue weighted by Gasteiger charge is 2.13. The summed E-state index contributed by atoms with van der Waals surface area (Å²) in [5.41, 5.74) is 5.93. The predicted molar refractivity (Wildman–Crippen MR) is 67.6 cm³/mol. The van der Waals surface area contributed by atoms with Crippen LogP contribution >= 0.6 is 0 Å². The van der Waals surface area contributed by atoms with Crippen molar-refractivity contribution >= 4 is 23.2 Å². The van der Waals surface area contributed by atoms with Crippen LogP contribution in [-0.4, -0.2) is 17.9 Å². The zero-order valence-electron chi connectivity index (χ0n) is 10.3. The fourth-order valence-electron chi connectivity index (χ4n) is 1.31. The third kappa shape index (κ3) is 3.81. The Morgan fingerprint density at radius 3 is 2.61 bits per heavy atom. The largest absolute Gasteiger partial charge is 0.326 e. The summed E-state index contributed by atoms with van der Waals surface area (Å²) in [5.74, 6) is -1.32. The Hall–Kier alpha value is -1.95. The SMILES string of the molecule is CCC(N)C(=O)Nc1cc(NC(C)=O)ccc1F. The molecule has 0 heterocycles. The van der Waals surface area contributed by atoms with Crippen molar-refractivity contribution in [2.75, 3.05) is 10.6 Å². The molecule has 0 saturated carbocycles. The van der Waals surface area contributed by atoms with Crippen molar-refractivity contribution in [1.29, 1.82) is 0 Å². The molecule has 1 rings (SSSR count). The summed E-state index contributed by atoms with van der Waals surface area (Å²) in [4.78, 5) is 22.4. The van der Waals surface area contributed by atoms with Crippen LogP contribution < -0.4 is 16.4 Å². The number of benzene rings is 1. The molecule has 98 valence electrons. The van der Waals surface area contributed by atoms with Gasteiger partial charge in [0.15, 0.2) is 0 Å². The number of hydrogen-bond donors (Lipinski definition) is 3. The highest BCUT2D eigenvalue weighted by Crippen LogP contribution is 2.19. The van der Waals surface area contributed by atoms with Gasteiger partial charge in [-0.2, -0.15) is 0 Å². The lowest BCUT2D eigenvalue weighted by atomic mass is 10.2. The Morgan fingerprint density at radius 2 is 2.06 bits per heavy atom. The molecule has 0 aromatic heterocycles. The summed E-state index contributed by atoms with van der Waals surface area (Å²) in [7, 11) is 0. The van der Waals surface area contributed by atoms with E-state index in [4.69, 9.17) is 5.73 Å². The van der Waals surface area contributed by atoms with E-state index in [1.54, 1.807) is 6.92 Å². The number of carbonyl (C=O) groups excluding carboxylic acids is 2. The molecule has 0 fully saturated rings. The minimum atomic E-state index is -0.686. The average molecular weight is 253 g/mol. The Kier molecular flexibility index (Phi) is 4.79. The summed E-state index contributed by atoms with van der Waals surface area (Å²) in [5, 5.41) is 4.88. The molecular formula is C12H16FN3O2. The second kappa shape index (κ2) is 6.11. The van der Waals surface area contributed by atoms with Crippen molar-refractivity contribution in [1.82, 2.24) is 0 Å². The molecule has 0 aliphatic carbocycles. The Bertz CT molecular complexity index is 463. The maximum Gasteiger partial charge on any atom is 0.241 e. The third-order valence-electron chi connectivity index (χ3n) is 2.32. The van der Waals surface area contributed by atoms with Gasteiger partial charge in [0, 0.05) is 12.6 Å². The quantitative estimate of drug-likeness (QED) is 0.759. The van der Waals surface area contributed by atoms with Crippen molar-refractivity contribution < 1.29 is 14.0 Å². The van der Waals surface area contributed by atoms with Gasteiger partial charge >= 0.3 is 0 Å². The van der Waals surface area contributed by atoms with Crippen LogP contribution in [0.2, 0.25) is 0 Å². The lowest BCUT2D eigenvalue weighted by molar-refractivity contribution is -0.117. The van der Waals surface area contributed by atoms with E-state index in [1.807, 2.05) is 0 Å². The van der Waals surface area contributed by atoms with Crippen molar-refractivity contribution in [2.24, 2.45) is 5.73 Å². The van der Waals surface area contributed by atoms with Crippen LogP contribution in [0.1, 0.15) is 20.3 Å². The molecule has 1 atom stereocenters. The van der Waals surface area contributed by atoms with Gasteiger partial charge in [0.25, 0.3) is 0 Å². The van der Waals surface area contributed by atoms with E-state index >= 15 is 0 Å². The van der Waals surface area contributed by atoms with Crippen molar-refractivity contribution in [3.05, 3.63) is 24.0 Å². The van der Waals surface area contributed by atoms with Crippen molar-refractivity contribution in [3.8, 4) is 0 Å². The van der Waals surface area contributed by atoms with E-state index < -0.39 is 17.8 Å². The number of carbonyl (C=O) groups is 2. The first-order valence-electron chi connectivity index (χ1n) is 5.57. The topological polar surface area (TPSA) is 84.2 Å². The summed E-state index contributed by atoms with van der Waals surface area (Å²) in [6, 6.07) is 3.23. The molecule has 6 heteroatoms. The van der Waals surface area contributed by atoms with Gasteiger partial charge in [-0.1, -0.05) is 6.92 Å². The summed E-state index contributed by atoms with van der Waals surface area (Å²) < 4.78 is 13.5. The standard InChI is InChI=1S/C12H16FN3O2/c1-3-10(14)12(18)16-11-6-8(15-7(2)17)4-5-9(11)13/h4-6,10H,3,14H2,1-2H3,(H,15,17)(H,16,18). The van der Waals surface area contributed by atoms with Crippen LogP contribution in [0.3, 0.4) is 0 Å². The predicted octanol–water partition coefficient (Wildman–Crippen LogP) is 1.46. The van der Waals surface area contributed by atoms with E-state index in [1.165, 1.54) is 25.1 Å². The van der Waals surface area contributed by atoms with Crippen LogP contribution in [-0.2, 0) is 9.59 Å². The lowest BCUT2D eigenvalue weighted by Gasteiger charge is -2.12. The molecular weight excluding hydrogens is 237 g/mol. The van der Waals surface area contributed by atoms with Gasteiger partial charge in [0.1, 0.15) is 5.82 Å². The molecule has 18 heavy (non-hydrogen) atoms. The maximum atomic E-state index is 13.5. The molecule has 0 bridgehead atoms. The average Bonchev–Trinajstić information content (AvgIpc) is 2.31. The van der Waals surface area contributed by atoms with Gasteiger partial charge in [-0.25, -0.2) is 4.39 Å². The molecule has 0 aliphatic heterocycles. The fourth-order valence-corrected chi connectivity index (χ4v) is 1.31. The van der Waals surface area contributed by atoms with E-state index in [9.17, 15) is 14.0 Å².